The molecule has 3 N–H and O–H groups in total. The van der Waals surface area contributed by atoms with Gasteiger partial charge in [-0.05, 0) is 54.1 Å². The molecule has 0 bridgehead atoms. The van der Waals surface area contributed by atoms with Crippen LogP contribution in [0.3, 0.4) is 0 Å². The lowest BCUT2D eigenvalue weighted by molar-refractivity contribution is 0.0931. The molecule has 43 heavy (non-hydrogen) atoms. The number of nitrogens with one attached hydrogen (secondary N) is 3. The summed E-state index contributed by atoms with van der Waals surface area (Å²) in [7, 11) is 1.50. The van der Waals surface area contributed by atoms with E-state index < -0.39 is 6.03 Å². The van der Waals surface area contributed by atoms with E-state index in [1.165, 1.54) is 12.7 Å². The molecule has 0 spiro atoms. The van der Waals surface area contributed by atoms with E-state index in [0.29, 0.717) is 35.0 Å². The van der Waals surface area contributed by atoms with Gasteiger partial charge in [-0.1, -0.05) is 48.5 Å². The molecule has 9 heteroatoms. The maximum Gasteiger partial charge on any atom is 0.323 e. The van der Waals surface area contributed by atoms with Crippen molar-refractivity contribution in [3.8, 4) is 17.2 Å². The van der Waals surface area contributed by atoms with Gasteiger partial charge in [-0.2, -0.15) is 0 Å². The van der Waals surface area contributed by atoms with E-state index in [1.54, 1.807) is 42.5 Å². The summed E-state index contributed by atoms with van der Waals surface area (Å²) >= 11 is 0. The number of hydrogen-bond donors (Lipinski definition) is 3. The number of carbonyl (C=O) groups is 2. The van der Waals surface area contributed by atoms with Crippen molar-refractivity contribution in [3.05, 3.63) is 114 Å². The molecule has 4 aromatic carbocycles. The molecule has 4 aromatic rings. The molecule has 0 radical (unpaired) electrons. The van der Waals surface area contributed by atoms with Crippen LogP contribution in [0, 0.1) is 0 Å². The molecule has 1 heterocycles. The summed E-state index contributed by atoms with van der Waals surface area (Å²) in [6.45, 7) is 6.25. The monoisotopic (exact) mass is 579 g/mol. The molecule has 1 aliphatic rings. The SMILES string of the molecule is COc1cc(NC(=O)Nc2ccc(Oc3ccccc3)cc2)ccc1C(=O)NCCN1CCN(Cc2ccccc2)CC1. The van der Waals surface area contributed by atoms with Crippen LogP contribution in [0.4, 0.5) is 16.2 Å². The third-order valence-corrected chi connectivity index (χ3v) is 7.22. The first-order chi connectivity index (χ1) is 21.1. The minimum absolute atomic E-state index is 0.214. The molecule has 9 nitrogen and oxygen atoms in total. The summed E-state index contributed by atoms with van der Waals surface area (Å²) in [5, 5.41) is 8.58. The number of rotatable bonds is 11. The number of benzene rings is 4. The summed E-state index contributed by atoms with van der Waals surface area (Å²) in [5.74, 6) is 1.57. The van der Waals surface area contributed by atoms with Gasteiger partial charge in [-0.15, -0.1) is 0 Å². The molecule has 0 saturated carbocycles. The van der Waals surface area contributed by atoms with Gasteiger partial charge < -0.3 is 25.4 Å². The average molecular weight is 580 g/mol. The highest BCUT2D eigenvalue weighted by Crippen LogP contribution is 2.25. The third-order valence-electron chi connectivity index (χ3n) is 7.22. The van der Waals surface area contributed by atoms with Crippen LogP contribution in [0.15, 0.2) is 103 Å². The number of piperazine rings is 1. The Morgan fingerprint density at radius 1 is 0.721 bits per heavy atom. The maximum atomic E-state index is 12.9. The molecular formula is C34H37N5O4. The number of urea groups is 1. The standard InChI is InChI=1S/C34H37N5O4/c1-42-32-24-28(37-34(41)36-27-12-15-30(16-13-27)43-29-10-6-3-7-11-29)14-17-31(32)33(40)35-18-19-38-20-22-39(23-21-38)25-26-8-4-2-5-9-26/h2-17,24H,18-23,25H2,1H3,(H,35,40)(H2,36,37,41). The number of anilines is 2. The fraction of sp³-hybridized carbons (Fsp3) is 0.235. The Labute approximate surface area is 252 Å². The van der Waals surface area contributed by atoms with Crippen LogP contribution in [0.2, 0.25) is 0 Å². The highest BCUT2D eigenvalue weighted by molar-refractivity contribution is 6.01. The smallest absolute Gasteiger partial charge is 0.323 e. The van der Waals surface area contributed by atoms with E-state index in [0.717, 1.165) is 45.0 Å². The van der Waals surface area contributed by atoms with E-state index in [4.69, 9.17) is 9.47 Å². The van der Waals surface area contributed by atoms with E-state index in [9.17, 15) is 9.59 Å². The second-order valence-corrected chi connectivity index (χ2v) is 10.3. The lowest BCUT2D eigenvalue weighted by Gasteiger charge is -2.34. The molecule has 0 aromatic heterocycles. The quantitative estimate of drug-likeness (QED) is 0.212. The fourth-order valence-electron chi connectivity index (χ4n) is 4.92. The predicted molar refractivity (Wildman–Crippen MR) is 169 cm³/mol. The van der Waals surface area contributed by atoms with Gasteiger partial charge in [0, 0.05) is 63.3 Å². The van der Waals surface area contributed by atoms with E-state index in [2.05, 4.69) is 50.0 Å². The minimum atomic E-state index is -0.417. The number of hydrogen-bond acceptors (Lipinski definition) is 6. The van der Waals surface area contributed by atoms with Crippen LogP contribution in [0.5, 0.6) is 17.2 Å². The Balaban J connectivity index is 1.05. The lowest BCUT2D eigenvalue weighted by Crippen LogP contribution is -2.48. The molecule has 0 unspecified atom stereocenters. The van der Waals surface area contributed by atoms with Gasteiger partial charge in [0.25, 0.3) is 5.91 Å². The maximum absolute atomic E-state index is 12.9. The molecule has 5 rings (SSSR count). The van der Waals surface area contributed by atoms with Crippen LogP contribution in [-0.4, -0.2) is 68.1 Å². The van der Waals surface area contributed by atoms with Crippen molar-refractivity contribution in [1.82, 2.24) is 15.1 Å². The largest absolute Gasteiger partial charge is 0.496 e. The molecule has 1 fully saturated rings. The predicted octanol–water partition coefficient (Wildman–Crippen LogP) is 5.68. The van der Waals surface area contributed by atoms with Crippen molar-refractivity contribution in [2.75, 3.05) is 57.0 Å². The Hall–Kier alpha value is -4.86. The number of methoxy groups -OCH3 is 1. The van der Waals surface area contributed by atoms with Crippen molar-refractivity contribution in [2.24, 2.45) is 0 Å². The Bertz CT molecular complexity index is 1470. The van der Waals surface area contributed by atoms with E-state index >= 15 is 0 Å². The number of para-hydroxylation sites is 1. The first-order valence-electron chi connectivity index (χ1n) is 14.4. The second kappa shape index (κ2) is 14.9. The van der Waals surface area contributed by atoms with Crippen molar-refractivity contribution in [1.29, 1.82) is 0 Å². The van der Waals surface area contributed by atoms with Gasteiger partial charge in [0.1, 0.15) is 17.2 Å². The number of carbonyl (C=O) groups excluding carboxylic acids is 2. The zero-order valence-electron chi connectivity index (χ0n) is 24.3. The van der Waals surface area contributed by atoms with Gasteiger partial charge >= 0.3 is 6.03 Å². The van der Waals surface area contributed by atoms with Gasteiger partial charge in [0.15, 0.2) is 0 Å². The molecule has 1 aliphatic heterocycles. The minimum Gasteiger partial charge on any atom is -0.496 e. The van der Waals surface area contributed by atoms with Crippen LogP contribution >= 0.6 is 0 Å². The lowest BCUT2D eigenvalue weighted by atomic mass is 10.1. The summed E-state index contributed by atoms with van der Waals surface area (Å²) in [6.07, 6.45) is 0. The molecule has 0 atom stereocenters. The fourth-order valence-corrected chi connectivity index (χ4v) is 4.92. The third kappa shape index (κ3) is 8.81. The summed E-state index contributed by atoms with van der Waals surface area (Å²) < 4.78 is 11.3. The van der Waals surface area contributed by atoms with Crippen LogP contribution in [-0.2, 0) is 6.54 Å². The Morgan fingerprint density at radius 2 is 1.33 bits per heavy atom. The van der Waals surface area contributed by atoms with E-state index in [1.807, 2.05) is 36.4 Å². The Kier molecular flexibility index (Phi) is 10.2. The zero-order valence-corrected chi connectivity index (χ0v) is 24.3. The summed E-state index contributed by atoms with van der Waals surface area (Å²) in [4.78, 5) is 30.3. The second-order valence-electron chi connectivity index (χ2n) is 10.3. The first kappa shape index (κ1) is 29.6. The molecule has 3 amide bonds. The van der Waals surface area contributed by atoms with E-state index in [-0.39, 0.29) is 5.91 Å². The first-order valence-corrected chi connectivity index (χ1v) is 14.4. The highest BCUT2D eigenvalue weighted by atomic mass is 16.5. The Morgan fingerprint density at radius 3 is 2.02 bits per heavy atom. The number of amides is 3. The molecule has 222 valence electrons. The average Bonchev–Trinajstić information content (AvgIpc) is 3.03. The molecular weight excluding hydrogens is 542 g/mol. The topological polar surface area (TPSA) is 95.2 Å². The number of nitrogens with zero attached hydrogens (tertiary/aromatic N) is 2. The normalized spacial score (nSPS) is 13.6. The van der Waals surface area contributed by atoms with Crippen molar-refractivity contribution >= 4 is 23.3 Å². The van der Waals surface area contributed by atoms with Gasteiger partial charge in [0.05, 0.1) is 12.7 Å². The van der Waals surface area contributed by atoms with Crippen molar-refractivity contribution in [2.45, 2.75) is 6.54 Å². The van der Waals surface area contributed by atoms with Crippen molar-refractivity contribution < 1.29 is 19.1 Å². The zero-order chi connectivity index (χ0) is 29.9. The van der Waals surface area contributed by atoms with Crippen molar-refractivity contribution in [3.63, 3.8) is 0 Å². The van der Waals surface area contributed by atoms with Gasteiger partial charge in [-0.25, -0.2) is 4.79 Å². The van der Waals surface area contributed by atoms with Crippen LogP contribution in [0.1, 0.15) is 15.9 Å². The summed E-state index contributed by atoms with van der Waals surface area (Å²) in [6, 6.07) is 31.6. The summed E-state index contributed by atoms with van der Waals surface area (Å²) in [5.41, 5.74) is 2.86. The van der Waals surface area contributed by atoms with Gasteiger partial charge in [0.2, 0.25) is 0 Å². The number of ether oxygens (including phenoxy) is 2. The molecule has 1 saturated heterocycles. The molecule has 0 aliphatic carbocycles. The van der Waals surface area contributed by atoms with Crippen LogP contribution < -0.4 is 25.4 Å². The van der Waals surface area contributed by atoms with Crippen LogP contribution in [0.25, 0.3) is 0 Å². The highest BCUT2D eigenvalue weighted by Gasteiger charge is 2.18. The van der Waals surface area contributed by atoms with Gasteiger partial charge in [-0.3, -0.25) is 14.6 Å².